The predicted octanol–water partition coefficient (Wildman–Crippen LogP) is 1.68. The highest BCUT2D eigenvalue weighted by molar-refractivity contribution is 5.83. The zero-order valence-corrected chi connectivity index (χ0v) is 14.8. The maximum Gasteiger partial charge on any atom is 0.244 e. The molecule has 4 N–H and O–H groups in total. The van der Waals surface area contributed by atoms with Gasteiger partial charge < -0.3 is 10.2 Å². The van der Waals surface area contributed by atoms with Crippen LogP contribution in [-0.4, -0.2) is 30.1 Å². The number of aryl methyl sites for hydroxylation is 2. The number of hydrazine groups is 2. The van der Waals surface area contributed by atoms with Gasteiger partial charge in [-0.15, -0.1) is 0 Å². The van der Waals surface area contributed by atoms with Crippen LogP contribution in [0.5, 0.6) is 0 Å². The summed E-state index contributed by atoms with van der Waals surface area (Å²) in [6.45, 7) is 4.74. The molecule has 2 unspecified atom stereocenters. The minimum absolute atomic E-state index is 0.0164. The summed E-state index contributed by atoms with van der Waals surface area (Å²) in [6.07, 6.45) is -0.243. The van der Waals surface area contributed by atoms with E-state index in [1.165, 1.54) is 11.1 Å². The Labute approximate surface area is 148 Å². The van der Waals surface area contributed by atoms with Gasteiger partial charge in [-0.05, 0) is 42.7 Å². The molecule has 0 aromatic heterocycles. The van der Waals surface area contributed by atoms with Crippen LogP contribution in [0, 0.1) is 13.8 Å². The Morgan fingerprint density at radius 3 is 2.56 bits per heavy atom. The van der Waals surface area contributed by atoms with Crippen LogP contribution in [0.2, 0.25) is 0 Å². The first-order valence-electron chi connectivity index (χ1n) is 8.43. The number of hydrogen-bond acceptors (Lipinski definition) is 5. The fourth-order valence-corrected chi connectivity index (χ4v) is 2.87. The highest BCUT2D eigenvalue weighted by Gasteiger charge is 2.34. The van der Waals surface area contributed by atoms with E-state index in [9.17, 15) is 4.79 Å². The van der Waals surface area contributed by atoms with Crippen LogP contribution >= 0.6 is 0 Å². The first-order chi connectivity index (χ1) is 12.0. The molecule has 6 heteroatoms. The SMILES string of the molecule is Cc1ccc(NC2NNNC2C(=O)N(C)Cc2ccccc2)cc1C. The van der Waals surface area contributed by atoms with Gasteiger partial charge >= 0.3 is 0 Å². The molecule has 1 saturated heterocycles. The second-order valence-electron chi connectivity index (χ2n) is 6.49. The number of rotatable bonds is 5. The van der Waals surface area contributed by atoms with Crippen LogP contribution in [0.25, 0.3) is 0 Å². The number of anilines is 1. The maximum absolute atomic E-state index is 12.8. The molecule has 6 nitrogen and oxygen atoms in total. The van der Waals surface area contributed by atoms with Gasteiger partial charge in [0.15, 0.2) is 0 Å². The number of hydrogen-bond donors (Lipinski definition) is 4. The number of benzene rings is 2. The van der Waals surface area contributed by atoms with E-state index in [1.807, 2.05) is 43.4 Å². The number of carbonyl (C=O) groups is 1. The summed E-state index contributed by atoms with van der Waals surface area (Å²) in [4.78, 5) is 14.5. The summed E-state index contributed by atoms with van der Waals surface area (Å²) in [7, 11) is 1.82. The third-order valence-corrected chi connectivity index (χ3v) is 4.52. The maximum atomic E-state index is 12.8. The molecular formula is C19H25N5O. The summed E-state index contributed by atoms with van der Waals surface area (Å²) in [5, 5.41) is 3.38. The Kier molecular flexibility index (Phi) is 5.33. The Morgan fingerprint density at radius 2 is 1.84 bits per heavy atom. The Bertz CT molecular complexity index is 734. The number of likely N-dealkylation sites (N-methyl/N-ethyl adjacent to an activating group) is 1. The average molecular weight is 339 g/mol. The third-order valence-electron chi connectivity index (χ3n) is 4.52. The molecule has 1 heterocycles. The van der Waals surface area contributed by atoms with Gasteiger partial charge in [-0.1, -0.05) is 36.4 Å². The van der Waals surface area contributed by atoms with E-state index in [4.69, 9.17) is 0 Å². The lowest BCUT2D eigenvalue weighted by Crippen LogP contribution is -2.50. The number of amides is 1. The molecule has 0 saturated carbocycles. The molecule has 132 valence electrons. The number of nitrogens with one attached hydrogen (secondary N) is 4. The van der Waals surface area contributed by atoms with E-state index >= 15 is 0 Å². The molecule has 1 aliphatic heterocycles. The normalized spacial score (nSPS) is 19.6. The van der Waals surface area contributed by atoms with Crippen molar-refractivity contribution in [2.75, 3.05) is 12.4 Å². The average Bonchev–Trinajstić information content (AvgIpc) is 3.06. The summed E-state index contributed by atoms with van der Waals surface area (Å²) < 4.78 is 0. The van der Waals surface area contributed by atoms with Crippen LogP contribution in [-0.2, 0) is 11.3 Å². The van der Waals surface area contributed by atoms with E-state index in [0.717, 1.165) is 11.3 Å². The summed E-state index contributed by atoms with van der Waals surface area (Å²) >= 11 is 0. The molecular weight excluding hydrogens is 314 g/mol. The lowest BCUT2D eigenvalue weighted by atomic mass is 10.1. The summed E-state index contributed by atoms with van der Waals surface area (Å²) in [5.41, 5.74) is 13.5. The van der Waals surface area contributed by atoms with Crippen molar-refractivity contribution >= 4 is 11.6 Å². The van der Waals surface area contributed by atoms with Gasteiger partial charge in [-0.3, -0.25) is 4.79 Å². The van der Waals surface area contributed by atoms with E-state index in [-0.39, 0.29) is 12.1 Å². The second kappa shape index (κ2) is 7.65. The monoisotopic (exact) mass is 339 g/mol. The first kappa shape index (κ1) is 17.4. The molecule has 2 aromatic rings. The van der Waals surface area contributed by atoms with E-state index in [0.29, 0.717) is 6.54 Å². The quantitative estimate of drug-likeness (QED) is 0.667. The van der Waals surface area contributed by atoms with Crippen LogP contribution in [0.4, 0.5) is 5.69 Å². The molecule has 0 spiro atoms. The fourth-order valence-electron chi connectivity index (χ4n) is 2.87. The molecule has 2 aromatic carbocycles. The largest absolute Gasteiger partial charge is 0.367 e. The molecule has 3 rings (SSSR count). The lowest BCUT2D eigenvalue weighted by molar-refractivity contribution is -0.132. The van der Waals surface area contributed by atoms with Crippen molar-refractivity contribution in [3.8, 4) is 0 Å². The standard InChI is InChI=1S/C19H25N5O/c1-13-9-10-16(11-14(13)2)20-18-17(21-23-22-18)19(25)24(3)12-15-7-5-4-6-8-15/h4-11,17-18,20-23H,12H2,1-3H3. The molecule has 25 heavy (non-hydrogen) atoms. The molecule has 0 bridgehead atoms. The fraction of sp³-hybridized carbons (Fsp3) is 0.316. The minimum Gasteiger partial charge on any atom is -0.367 e. The van der Waals surface area contributed by atoms with Crippen molar-refractivity contribution in [3.63, 3.8) is 0 Å². The van der Waals surface area contributed by atoms with Crippen molar-refractivity contribution in [2.45, 2.75) is 32.6 Å². The zero-order valence-electron chi connectivity index (χ0n) is 14.8. The van der Waals surface area contributed by atoms with E-state index in [1.54, 1.807) is 4.90 Å². The van der Waals surface area contributed by atoms with Gasteiger partial charge in [0.1, 0.15) is 12.2 Å². The van der Waals surface area contributed by atoms with Crippen molar-refractivity contribution in [1.29, 1.82) is 0 Å². The van der Waals surface area contributed by atoms with Gasteiger partial charge in [0.2, 0.25) is 5.91 Å². The van der Waals surface area contributed by atoms with Crippen LogP contribution in [0.1, 0.15) is 16.7 Å². The van der Waals surface area contributed by atoms with Crippen molar-refractivity contribution in [2.24, 2.45) is 0 Å². The van der Waals surface area contributed by atoms with Crippen molar-refractivity contribution < 1.29 is 4.79 Å². The molecule has 1 amide bonds. The van der Waals surface area contributed by atoms with Gasteiger partial charge in [0, 0.05) is 19.3 Å². The number of carbonyl (C=O) groups excluding carboxylic acids is 1. The lowest BCUT2D eigenvalue weighted by Gasteiger charge is -2.25. The Hall–Kier alpha value is -2.41. The summed E-state index contributed by atoms with van der Waals surface area (Å²) in [6, 6.07) is 15.8. The Morgan fingerprint density at radius 1 is 1.08 bits per heavy atom. The van der Waals surface area contributed by atoms with E-state index < -0.39 is 6.04 Å². The molecule has 1 fully saturated rings. The van der Waals surface area contributed by atoms with Gasteiger partial charge in [-0.25, -0.2) is 10.9 Å². The zero-order chi connectivity index (χ0) is 17.8. The highest BCUT2D eigenvalue weighted by atomic mass is 16.2. The van der Waals surface area contributed by atoms with Gasteiger partial charge in [0.05, 0.1) is 0 Å². The Balaban J connectivity index is 1.65. The topological polar surface area (TPSA) is 68.4 Å². The second-order valence-corrected chi connectivity index (χ2v) is 6.49. The molecule has 1 aliphatic rings. The van der Waals surface area contributed by atoms with Gasteiger partial charge in [-0.2, -0.15) is 5.53 Å². The van der Waals surface area contributed by atoms with Crippen LogP contribution in [0.15, 0.2) is 48.5 Å². The van der Waals surface area contributed by atoms with Crippen molar-refractivity contribution in [3.05, 3.63) is 65.2 Å². The molecule has 2 atom stereocenters. The van der Waals surface area contributed by atoms with Crippen LogP contribution in [0.3, 0.4) is 0 Å². The minimum atomic E-state index is -0.407. The van der Waals surface area contributed by atoms with Crippen LogP contribution < -0.4 is 21.7 Å². The summed E-state index contributed by atoms with van der Waals surface area (Å²) in [5.74, 6) is 0.0164. The highest BCUT2D eigenvalue weighted by Crippen LogP contribution is 2.16. The van der Waals surface area contributed by atoms with E-state index in [2.05, 4.69) is 47.7 Å². The van der Waals surface area contributed by atoms with Gasteiger partial charge in [0.25, 0.3) is 0 Å². The third kappa shape index (κ3) is 4.17. The molecule has 0 radical (unpaired) electrons. The predicted molar refractivity (Wildman–Crippen MR) is 99.4 cm³/mol. The number of nitrogens with zero attached hydrogens (tertiary/aromatic N) is 1. The smallest absolute Gasteiger partial charge is 0.244 e. The molecule has 0 aliphatic carbocycles. The first-order valence-corrected chi connectivity index (χ1v) is 8.43. The van der Waals surface area contributed by atoms with Crippen molar-refractivity contribution in [1.82, 2.24) is 21.3 Å².